The van der Waals surface area contributed by atoms with Gasteiger partial charge < -0.3 is 10.4 Å². The summed E-state index contributed by atoms with van der Waals surface area (Å²) in [6.45, 7) is 0. The average Bonchev–Trinajstić information content (AvgIpc) is 2.35. The first-order chi connectivity index (χ1) is 9.38. The fourth-order valence-electron chi connectivity index (χ4n) is 1.52. The normalized spacial score (nSPS) is 10.4. The summed E-state index contributed by atoms with van der Waals surface area (Å²) >= 11 is 11.2. The van der Waals surface area contributed by atoms with Crippen molar-refractivity contribution in [2.24, 2.45) is 0 Å². The summed E-state index contributed by atoms with van der Waals surface area (Å²) in [4.78, 5) is 11.9. The number of halogens is 4. The summed E-state index contributed by atoms with van der Waals surface area (Å²) in [6, 6.07) is 5.29. The van der Waals surface area contributed by atoms with Crippen molar-refractivity contribution in [3.05, 3.63) is 57.6 Å². The van der Waals surface area contributed by atoms with Crippen molar-refractivity contribution in [2.75, 3.05) is 5.32 Å². The molecule has 0 aromatic heterocycles. The molecule has 0 fully saturated rings. The molecule has 1 amide bonds. The SMILES string of the molecule is O=C(Nc1cc(Cl)c(F)c(Cl)c1)c1ccc(F)cc1O. The van der Waals surface area contributed by atoms with Crippen LogP contribution < -0.4 is 5.32 Å². The molecular formula is C13H7Cl2F2NO2. The number of hydrogen-bond donors (Lipinski definition) is 2. The Bertz CT molecular complexity index is 669. The lowest BCUT2D eigenvalue weighted by Crippen LogP contribution is -2.12. The van der Waals surface area contributed by atoms with Gasteiger partial charge in [0.05, 0.1) is 15.6 Å². The second kappa shape index (κ2) is 5.64. The third kappa shape index (κ3) is 3.00. The Morgan fingerprint density at radius 2 is 1.70 bits per heavy atom. The molecule has 0 atom stereocenters. The second-order valence-corrected chi connectivity index (χ2v) is 4.68. The van der Waals surface area contributed by atoms with E-state index in [1.165, 1.54) is 12.1 Å². The summed E-state index contributed by atoms with van der Waals surface area (Å²) in [5, 5.41) is 11.3. The van der Waals surface area contributed by atoms with Gasteiger partial charge in [-0.05, 0) is 24.3 Å². The van der Waals surface area contributed by atoms with E-state index in [0.29, 0.717) is 0 Å². The number of phenols is 1. The second-order valence-electron chi connectivity index (χ2n) is 3.87. The lowest BCUT2D eigenvalue weighted by atomic mass is 10.1. The summed E-state index contributed by atoms with van der Waals surface area (Å²) in [5.41, 5.74) is 0.0121. The maximum Gasteiger partial charge on any atom is 0.259 e. The van der Waals surface area contributed by atoms with Gasteiger partial charge >= 0.3 is 0 Å². The highest BCUT2D eigenvalue weighted by Crippen LogP contribution is 2.28. The smallest absolute Gasteiger partial charge is 0.259 e. The highest BCUT2D eigenvalue weighted by Gasteiger charge is 2.14. The Balaban J connectivity index is 2.28. The van der Waals surface area contributed by atoms with Crippen LogP contribution in [0, 0.1) is 11.6 Å². The van der Waals surface area contributed by atoms with E-state index in [1.807, 2.05) is 0 Å². The van der Waals surface area contributed by atoms with Crippen molar-refractivity contribution in [1.82, 2.24) is 0 Å². The van der Waals surface area contributed by atoms with Crippen molar-refractivity contribution in [3.8, 4) is 5.75 Å². The zero-order valence-corrected chi connectivity index (χ0v) is 11.3. The minimum atomic E-state index is -0.795. The van der Waals surface area contributed by atoms with E-state index in [9.17, 15) is 18.7 Å². The number of benzene rings is 2. The number of anilines is 1. The van der Waals surface area contributed by atoms with Gasteiger partial charge in [-0.25, -0.2) is 8.78 Å². The van der Waals surface area contributed by atoms with Crippen molar-refractivity contribution < 1.29 is 18.7 Å². The predicted octanol–water partition coefficient (Wildman–Crippen LogP) is 4.23. The van der Waals surface area contributed by atoms with Gasteiger partial charge in [-0.2, -0.15) is 0 Å². The van der Waals surface area contributed by atoms with E-state index in [-0.39, 0.29) is 21.3 Å². The first-order valence-corrected chi connectivity index (χ1v) is 6.08. The minimum absolute atomic E-state index is 0.136. The Morgan fingerprint density at radius 1 is 1.10 bits per heavy atom. The maximum absolute atomic E-state index is 13.2. The average molecular weight is 318 g/mol. The van der Waals surface area contributed by atoms with Gasteiger partial charge in [-0.15, -0.1) is 0 Å². The molecule has 7 heteroatoms. The van der Waals surface area contributed by atoms with Crippen LogP contribution in [-0.4, -0.2) is 11.0 Å². The van der Waals surface area contributed by atoms with Gasteiger partial charge in [0.25, 0.3) is 5.91 Å². The molecule has 2 aromatic rings. The largest absolute Gasteiger partial charge is 0.507 e. The van der Waals surface area contributed by atoms with Crippen LogP contribution in [0.5, 0.6) is 5.75 Å². The lowest BCUT2D eigenvalue weighted by molar-refractivity contribution is 0.102. The molecule has 0 aliphatic rings. The quantitative estimate of drug-likeness (QED) is 0.814. The fourth-order valence-corrected chi connectivity index (χ4v) is 2.01. The van der Waals surface area contributed by atoms with Crippen LogP contribution in [0.4, 0.5) is 14.5 Å². The molecule has 0 aliphatic carbocycles. The zero-order chi connectivity index (χ0) is 14.9. The van der Waals surface area contributed by atoms with Crippen molar-refractivity contribution >= 4 is 34.8 Å². The molecule has 0 unspecified atom stereocenters. The molecule has 3 nitrogen and oxygen atoms in total. The minimum Gasteiger partial charge on any atom is -0.507 e. The van der Waals surface area contributed by atoms with Crippen molar-refractivity contribution in [1.29, 1.82) is 0 Å². The van der Waals surface area contributed by atoms with Crippen molar-refractivity contribution in [3.63, 3.8) is 0 Å². The number of carbonyl (C=O) groups excluding carboxylic acids is 1. The Kier molecular flexibility index (Phi) is 4.11. The maximum atomic E-state index is 13.2. The number of rotatable bonds is 2. The molecule has 0 saturated carbocycles. The number of carbonyl (C=O) groups is 1. The van der Waals surface area contributed by atoms with E-state index < -0.39 is 23.3 Å². The summed E-state index contributed by atoms with van der Waals surface area (Å²) < 4.78 is 26.0. The summed E-state index contributed by atoms with van der Waals surface area (Å²) in [7, 11) is 0. The summed E-state index contributed by atoms with van der Waals surface area (Å²) in [5.74, 6) is -2.69. The molecule has 2 rings (SSSR count). The van der Waals surface area contributed by atoms with Gasteiger partial charge in [0, 0.05) is 11.8 Å². The lowest BCUT2D eigenvalue weighted by Gasteiger charge is -2.08. The number of aromatic hydroxyl groups is 1. The van der Waals surface area contributed by atoms with Crippen LogP contribution in [0.15, 0.2) is 30.3 Å². The highest BCUT2D eigenvalue weighted by atomic mass is 35.5. The molecule has 2 N–H and O–H groups in total. The molecular weight excluding hydrogens is 311 g/mol. The van der Waals surface area contributed by atoms with E-state index in [2.05, 4.69) is 5.32 Å². The third-order valence-corrected chi connectivity index (χ3v) is 3.00. The molecule has 0 bridgehead atoms. The predicted molar refractivity (Wildman–Crippen MR) is 72.4 cm³/mol. The van der Waals surface area contributed by atoms with Crippen LogP contribution >= 0.6 is 23.2 Å². The molecule has 0 heterocycles. The van der Waals surface area contributed by atoms with Gasteiger partial charge in [0.1, 0.15) is 11.6 Å². The number of phenolic OH excluding ortho intramolecular Hbond substituents is 1. The van der Waals surface area contributed by atoms with Gasteiger partial charge in [-0.3, -0.25) is 4.79 Å². The Morgan fingerprint density at radius 3 is 2.25 bits per heavy atom. The first kappa shape index (κ1) is 14.6. The van der Waals surface area contributed by atoms with Crippen LogP contribution in [0.1, 0.15) is 10.4 Å². The molecule has 2 aromatic carbocycles. The van der Waals surface area contributed by atoms with E-state index in [1.54, 1.807) is 0 Å². The topological polar surface area (TPSA) is 49.3 Å². The number of hydrogen-bond acceptors (Lipinski definition) is 2. The van der Waals surface area contributed by atoms with Crippen LogP contribution in [0.2, 0.25) is 10.0 Å². The van der Waals surface area contributed by atoms with Gasteiger partial charge in [-0.1, -0.05) is 23.2 Å². The fraction of sp³-hybridized carbons (Fsp3) is 0. The summed E-state index contributed by atoms with van der Waals surface area (Å²) in [6.07, 6.45) is 0. The van der Waals surface area contributed by atoms with Gasteiger partial charge in [0.2, 0.25) is 0 Å². The van der Waals surface area contributed by atoms with Crippen LogP contribution in [0.3, 0.4) is 0 Å². The molecule has 20 heavy (non-hydrogen) atoms. The first-order valence-electron chi connectivity index (χ1n) is 5.33. The molecule has 0 spiro atoms. The molecule has 0 radical (unpaired) electrons. The Hall–Kier alpha value is -1.85. The number of nitrogens with one attached hydrogen (secondary N) is 1. The molecule has 0 aliphatic heterocycles. The van der Waals surface area contributed by atoms with E-state index in [4.69, 9.17) is 23.2 Å². The monoisotopic (exact) mass is 317 g/mol. The van der Waals surface area contributed by atoms with E-state index in [0.717, 1.165) is 18.2 Å². The molecule has 0 saturated heterocycles. The number of amides is 1. The van der Waals surface area contributed by atoms with Crippen LogP contribution in [-0.2, 0) is 0 Å². The van der Waals surface area contributed by atoms with Crippen molar-refractivity contribution in [2.45, 2.75) is 0 Å². The van der Waals surface area contributed by atoms with Gasteiger partial charge in [0.15, 0.2) is 5.82 Å². The highest BCUT2D eigenvalue weighted by molar-refractivity contribution is 6.35. The zero-order valence-electron chi connectivity index (χ0n) is 9.75. The third-order valence-electron chi connectivity index (χ3n) is 2.45. The standard InChI is InChI=1S/C13H7Cl2F2NO2/c14-9-4-7(5-10(15)12(9)17)18-13(20)8-2-1-6(16)3-11(8)19/h1-5,19H,(H,18,20). The molecule has 104 valence electrons. The van der Waals surface area contributed by atoms with E-state index >= 15 is 0 Å². The Labute approximate surface area is 122 Å². The van der Waals surface area contributed by atoms with Crippen LogP contribution in [0.25, 0.3) is 0 Å².